The van der Waals surface area contributed by atoms with Crippen molar-refractivity contribution in [1.82, 2.24) is 9.55 Å². The van der Waals surface area contributed by atoms with Crippen molar-refractivity contribution in [1.29, 1.82) is 0 Å². The van der Waals surface area contributed by atoms with Gasteiger partial charge in [-0.15, -0.1) is 0 Å². The Hall–Kier alpha value is -1.30. The highest BCUT2D eigenvalue weighted by atomic mass is 32.2. The van der Waals surface area contributed by atoms with E-state index >= 15 is 0 Å². The van der Waals surface area contributed by atoms with Gasteiger partial charge in [0.2, 0.25) is 0 Å². The molecule has 5 nitrogen and oxygen atoms in total. The van der Waals surface area contributed by atoms with Gasteiger partial charge >= 0.3 is 0 Å². The van der Waals surface area contributed by atoms with Crippen molar-refractivity contribution in [2.45, 2.75) is 32.1 Å². The predicted octanol–water partition coefficient (Wildman–Crippen LogP) is 2.07. The van der Waals surface area contributed by atoms with Gasteiger partial charge in [0.1, 0.15) is 0 Å². The van der Waals surface area contributed by atoms with Crippen molar-refractivity contribution in [3.05, 3.63) is 17.7 Å². The first-order valence-corrected chi connectivity index (χ1v) is 6.48. The lowest BCUT2D eigenvalue weighted by atomic mass is 10.2. The highest BCUT2D eigenvalue weighted by Crippen LogP contribution is 2.20. The van der Waals surface area contributed by atoms with Crippen LogP contribution in [0.1, 0.15) is 24.7 Å². The third-order valence-corrected chi connectivity index (χ3v) is 3.51. The summed E-state index contributed by atoms with van der Waals surface area (Å²) in [5.41, 5.74) is 2.18. The molecule has 1 atom stereocenters. The minimum Gasteiger partial charge on any atom is -0.496 e. The second-order valence-corrected chi connectivity index (χ2v) is 5.11. The molecular formula is C11H16N4OS. The van der Waals surface area contributed by atoms with Crippen molar-refractivity contribution in [2.24, 2.45) is 17.0 Å². The molecule has 92 valence electrons. The van der Waals surface area contributed by atoms with Crippen molar-refractivity contribution in [2.75, 3.05) is 0 Å². The molecule has 1 unspecified atom stereocenters. The van der Waals surface area contributed by atoms with Gasteiger partial charge in [0, 0.05) is 19.2 Å². The summed E-state index contributed by atoms with van der Waals surface area (Å²) in [4.78, 5) is 12.7. The SMILES string of the molecule is Cc1ncn(C)c1CSC1=NC(C)CC(O)=N1. The molecule has 1 aromatic heterocycles. The predicted molar refractivity (Wildman–Crippen MR) is 70.8 cm³/mol. The number of thioether (sulfide) groups is 1. The summed E-state index contributed by atoms with van der Waals surface area (Å²) in [6.07, 6.45) is 2.34. The van der Waals surface area contributed by atoms with Crippen LogP contribution in [0.2, 0.25) is 0 Å². The van der Waals surface area contributed by atoms with Gasteiger partial charge in [-0.3, -0.25) is 4.99 Å². The number of hydrogen-bond donors (Lipinski definition) is 1. The Morgan fingerprint density at radius 3 is 2.94 bits per heavy atom. The molecule has 1 aliphatic heterocycles. The summed E-state index contributed by atoms with van der Waals surface area (Å²) < 4.78 is 2.00. The minimum atomic E-state index is 0.114. The van der Waals surface area contributed by atoms with E-state index < -0.39 is 0 Å². The van der Waals surface area contributed by atoms with Crippen LogP contribution in [0.15, 0.2) is 16.3 Å². The zero-order valence-corrected chi connectivity index (χ0v) is 11.0. The standard InChI is InChI=1S/C11H16N4OS/c1-7-4-10(16)14-11(13-7)17-5-9-8(2)12-6-15(9)3/h6-7H,4-5H2,1-3H3,(H,13,14,16). The van der Waals surface area contributed by atoms with Gasteiger partial charge in [-0.2, -0.15) is 4.99 Å². The summed E-state index contributed by atoms with van der Waals surface area (Å²) in [6, 6.07) is 0.114. The van der Waals surface area contributed by atoms with Crippen molar-refractivity contribution >= 4 is 22.8 Å². The van der Waals surface area contributed by atoms with Gasteiger partial charge in [0.05, 0.1) is 23.8 Å². The number of aromatic nitrogens is 2. The fourth-order valence-corrected chi connectivity index (χ4v) is 2.77. The monoisotopic (exact) mass is 252 g/mol. The van der Waals surface area contributed by atoms with E-state index in [0.29, 0.717) is 11.6 Å². The van der Waals surface area contributed by atoms with Gasteiger partial charge in [-0.25, -0.2) is 4.98 Å². The van der Waals surface area contributed by atoms with Crippen molar-refractivity contribution in [3.63, 3.8) is 0 Å². The van der Waals surface area contributed by atoms with E-state index in [1.807, 2.05) is 25.5 Å². The molecule has 0 spiro atoms. The molecule has 0 bridgehead atoms. The van der Waals surface area contributed by atoms with E-state index in [1.165, 1.54) is 11.8 Å². The third kappa shape index (κ3) is 2.88. The van der Waals surface area contributed by atoms with Gasteiger partial charge in [0.25, 0.3) is 0 Å². The molecule has 17 heavy (non-hydrogen) atoms. The molecule has 0 saturated carbocycles. The lowest BCUT2D eigenvalue weighted by Crippen LogP contribution is -2.16. The molecule has 0 saturated heterocycles. The van der Waals surface area contributed by atoms with E-state index in [9.17, 15) is 5.11 Å². The van der Waals surface area contributed by atoms with E-state index in [1.54, 1.807) is 6.33 Å². The smallest absolute Gasteiger partial charge is 0.190 e. The molecule has 1 N–H and O–H groups in total. The average molecular weight is 252 g/mol. The largest absolute Gasteiger partial charge is 0.496 e. The first-order chi connectivity index (χ1) is 8.06. The molecule has 0 aromatic carbocycles. The van der Waals surface area contributed by atoms with Crippen LogP contribution in [0.5, 0.6) is 0 Å². The Morgan fingerprint density at radius 1 is 1.59 bits per heavy atom. The molecule has 0 amide bonds. The lowest BCUT2D eigenvalue weighted by molar-refractivity contribution is 0.516. The van der Waals surface area contributed by atoms with Crippen LogP contribution in [0, 0.1) is 6.92 Å². The van der Waals surface area contributed by atoms with E-state index in [2.05, 4.69) is 15.0 Å². The molecule has 1 aromatic rings. The van der Waals surface area contributed by atoms with Crippen molar-refractivity contribution < 1.29 is 5.11 Å². The van der Waals surface area contributed by atoms with Gasteiger partial charge in [-0.1, -0.05) is 11.8 Å². The topological polar surface area (TPSA) is 62.8 Å². The van der Waals surface area contributed by atoms with Crippen LogP contribution in [-0.4, -0.2) is 31.8 Å². The lowest BCUT2D eigenvalue weighted by Gasteiger charge is -2.13. The Morgan fingerprint density at radius 2 is 2.35 bits per heavy atom. The van der Waals surface area contributed by atoms with Crippen LogP contribution < -0.4 is 0 Å². The fraction of sp³-hybridized carbons (Fsp3) is 0.545. The van der Waals surface area contributed by atoms with Gasteiger partial charge < -0.3 is 9.67 Å². The second kappa shape index (κ2) is 4.91. The molecule has 0 radical (unpaired) electrons. The number of rotatable bonds is 2. The summed E-state index contributed by atoms with van der Waals surface area (Å²) in [5.74, 6) is 0.946. The maximum atomic E-state index is 9.45. The normalized spacial score (nSPS) is 20.1. The van der Waals surface area contributed by atoms with Crippen LogP contribution in [0.3, 0.4) is 0 Å². The Balaban J connectivity index is 2.04. The second-order valence-electron chi connectivity index (χ2n) is 4.17. The maximum Gasteiger partial charge on any atom is 0.190 e. The fourth-order valence-electron chi connectivity index (χ4n) is 1.66. The number of nitrogens with zero attached hydrogens (tertiary/aromatic N) is 4. The number of imidazole rings is 1. The maximum absolute atomic E-state index is 9.45. The highest BCUT2D eigenvalue weighted by molar-refractivity contribution is 8.13. The van der Waals surface area contributed by atoms with E-state index in [4.69, 9.17) is 0 Å². The third-order valence-electron chi connectivity index (χ3n) is 2.64. The molecule has 0 aliphatic carbocycles. The summed E-state index contributed by atoms with van der Waals surface area (Å²) >= 11 is 1.53. The highest BCUT2D eigenvalue weighted by Gasteiger charge is 2.15. The molecule has 2 heterocycles. The van der Waals surface area contributed by atoms with E-state index in [0.717, 1.165) is 17.1 Å². The average Bonchev–Trinajstić information content (AvgIpc) is 2.55. The minimum absolute atomic E-state index is 0.114. The Kier molecular flexibility index (Phi) is 3.51. The van der Waals surface area contributed by atoms with Crippen LogP contribution >= 0.6 is 11.8 Å². The first kappa shape index (κ1) is 12.2. The zero-order valence-electron chi connectivity index (χ0n) is 10.2. The van der Waals surface area contributed by atoms with E-state index in [-0.39, 0.29) is 11.9 Å². The Labute approximate surface area is 105 Å². The summed E-state index contributed by atoms with van der Waals surface area (Å²) in [6.45, 7) is 3.96. The molecule has 0 fully saturated rings. The molecular weight excluding hydrogens is 236 g/mol. The summed E-state index contributed by atoms with van der Waals surface area (Å²) in [5, 5.41) is 10.1. The summed E-state index contributed by atoms with van der Waals surface area (Å²) in [7, 11) is 1.97. The van der Waals surface area contributed by atoms with Gasteiger partial charge in [0.15, 0.2) is 11.1 Å². The van der Waals surface area contributed by atoms with Crippen LogP contribution in [-0.2, 0) is 12.8 Å². The van der Waals surface area contributed by atoms with Crippen LogP contribution in [0.4, 0.5) is 0 Å². The number of aliphatic hydroxyl groups is 1. The first-order valence-electron chi connectivity index (χ1n) is 5.50. The zero-order chi connectivity index (χ0) is 12.4. The number of aliphatic hydroxyl groups excluding tert-OH is 1. The molecule has 2 rings (SSSR count). The van der Waals surface area contributed by atoms with Crippen LogP contribution in [0.25, 0.3) is 0 Å². The van der Waals surface area contributed by atoms with Gasteiger partial charge in [-0.05, 0) is 13.8 Å². The number of aryl methyl sites for hydroxylation is 2. The van der Waals surface area contributed by atoms with Crippen molar-refractivity contribution in [3.8, 4) is 0 Å². The molecule has 6 heteroatoms. The Bertz CT molecular complexity index is 458. The number of aliphatic imine (C=N–C) groups is 2. The number of amidine groups is 1. The number of hydrogen-bond acceptors (Lipinski definition) is 4. The molecule has 1 aliphatic rings. The quantitative estimate of drug-likeness (QED) is 0.876.